The van der Waals surface area contributed by atoms with E-state index in [9.17, 15) is 0 Å². The van der Waals surface area contributed by atoms with Gasteiger partial charge in [0, 0.05) is 23.6 Å². The van der Waals surface area contributed by atoms with Crippen LogP contribution < -0.4 is 10.1 Å². The number of methoxy groups -OCH3 is 1. The zero-order valence-corrected chi connectivity index (χ0v) is 15.0. The molecule has 2 heterocycles. The van der Waals surface area contributed by atoms with Gasteiger partial charge in [0.05, 0.1) is 7.11 Å². The Morgan fingerprint density at radius 1 is 1.00 bits per heavy atom. The minimum absolute atomic E-state index is 0.652. The quantitative estimate of drug-likeness (QED) is 0.580. The Morgan fingerprint density at radius 3 is 2.54 bits per heavy atom. The number of aryl methyl sites for hydroxylation is 2. The van der Waals surface area contributed by atoms with Gasteiger partial charge in [0.15, 0.2) is 0 Å². The lowest BCUT2D eigenvalue weighted by Gasteiger charge is -2.14. The largest absolute Gasteiger partial charge is 0.497 e. The molecule has 4 rings (SSSR count). The van der Waals surface area contributed by atoms with Crippen LogP contribution in [0.3, 0.4) is 0 Å². The van der Waals surface area contributed by atoms with Crippen molar-refractivity contribution < 1.29 is 4.74 Å². The third kappa shape index (κ3) is 2.77. The van der Waals surface area contributed by atoms with Gasteiger partial charge >= 0.3 is 0 Å². The first-order valence-electron chi connectivity index (χ1n) is 8.48. The molecule has 0 atom stereocenters. The lowest BCUT2D eigenvalue weighted by atomic mass is 10.1. The van der Waals surface area contributed by atoms with Crippen LogP contribution in [0, 0.1) is 13.8 Å². The number of para-hydroxylation sites is 1. The number of ether oxygens (including phenoxy) is 1. The molecule has 5 heteroatoms. The molecule has 0 unspecified atom stereocenters. The Kier molecular flexibility index (Phi) is 4.05. The summed E-state index contributed by atoms with van der Waals surface area (Å²) in [5.41, 5.74) is 5.26. The predicted octanol–water partition coefficient (Wildman–Crippen LogP) is 4.77. The normalized spacial score (nSPS) is 10.9. The van der Waals surface area contributed by atoms with Crippen LogP contribution in [0.5, 0.6) is 5.75 Å². The average Bonchev–Trinajstić information content (AvgIpc) is 3.03. The van der Waals surface area contributed by atoms with E-state index in [4.69, 9.17) is 9.72 Å². The number of hydrogen-bond acceptors (Lipinski definition) is 4. The second kappa shape index (κ2) is 6.52. The summed E-state index contributed by atoms with van der Waals surface area (Å²) in [6.45, 7) is 4.20. The van der Waals surface area contributed by atoms with Gasteiger partial charge in [-0.05, 0) is 43.2 Å². The topological polar surface area (TPSA) is 51.5 Å². The molecule has 4 aromatic rings. The molecule has 130 valence electrons. The molecule has 0 aliphatic carbocycles. The van der Waals surface area contributed by atoms with E-state index in [2.05, 4.69) is 42.3 Å². The number of nitrogens with one attached hydrogen (secondary N) is 1. The molecule has 0 saturated carbocycles. The van der Waals surface area contributed by atoms with Gasteiger partial charge in [0.25, 0.3) is 0 Å². The number of fused-ring (bicyclic) bond motifs is 1. The highest BCUT2D eigenvalue weighted by Crippen LogP contribution is 2.34. The van der Waals surface area contributed by atoms with Crippen LogP contribution in [0.2, 0.25) is 0 Å². The van der Waals surface area contributed by atoms with Crippen molar-refractivity contribution in [2.45, 2.75) is 13.8 Å². The molecule has 26 heavy (non-hydrogen) atoms. The molecule has 0 spiro atoms. The summed E-state index contributed by atoms with van der Waals surface area (Å²) >= 11 is 0. The van der Waals surface area contributed by atoms with E-state index < -0.39 is 0 Å². The van der Waals surface area contributed by atoms with Gasteiger partial charge in [-0.3, -0.25) is 4.40 Å². The highest BCUT2D eigenvalue weighted by Gasteiger charge is 2.16. The Hall–Kier alpha value is -3.34. The molecule has 0 amide bonds. The Balaban J connectivity index is 1.92. The minimum Gasteiger partial charge on any atom is -0.497 e. The lowest BCUT2D eigenvalue weighted by Crippen LogP contribution is -2.01. The van der Waals surface area contributed by atoms with Gasteiger partial charge in [-0.2, -0.15) is 0 Å². The Labute approximate surface area is 152 Å². The number of aromatic nitrogens is 3. The maximum Gasteiger partial charge on any atom is 0.235 e. The molecule has 0 aliphatic rings. The molecular weight excluding hydrogens is 324 g/mol. The van der Waals surface area contributed by atoms with Gasteiger partial charge in [-0.15, -0.1) is 0 Å². The van der Waals surface area contributed by atoms with Gasteiger partial charge < -0.3 is 10.1 Å². The summed E-state index contributed by atoms with van der Waals surface area (Å²) in [4.78, 5) is 9.15. The second-order valence-electron chi connectivity index (χ2n) is 6.22. The molecule has 0 saturated heterocycles. The maximum atomic E-state index is 5.38. The number of rotatable bonds is 4. The van der Waals surface area contributed by atoms with Crippen molar-refractivity contribution in [2.24, 2.45) is 0 Å². The van der Waals surface area contributed by atoms with E-state index in [0.717, 1.165) is 28.5 Å². The monoisotopic (exact) mass is 344 g/mol. The number of anilines is 2. The highest BCUT2D eigenvalue weighted by molar-refractivity contribution is 5.80. The van der Waals surface area contributed by atoms with Crippen molar-refractivity contribution in [1.82, 2.24) is 14.4 Å². The van der Waals surface area contributed by atoms with E-state index in [1.54, 1.807) is 13.3 Å². The summed E-state index contributed by atoms with van der Waals surface area (Å²) in [7, 11) is 1.67. The van der Waals surface area contributed by atoms with Gasteiger partial charge in [-0.1, -0.05) is 30.3 Å². The SMILES string of the molecule is COc1cccc(-c2nc3ncccn3c2Nc2c(C)cccc2C)c1. The number of hydrogen-bond donors (Lipinski definition) is 1. The van der Waals surface area contributed by atoms with Crippen LogP contribution in [0.25, 0.3) is 17.0 Å². The zero-order chi connectivity index (χ0) is 18.1. The summed E-state index contributed by atoms with van der Waals surface area (Å²) in [5.74, 6) is 2.34. The molecule has 0 radical (unpaired) electrons. The third-order valence-electron chi connectivity index (χ3n) is 4.47. The summed E-state index contributed by atoms with van der Waals surface area (Å²) in [6, 6.07) is 16.1. The number of nitrogens with zero attached hydrogens (tertiary/aromatic N) is 3. The van der Waals surface area contributed by atoms with Crippen molar-refractivity contribution >= 4 is 17.3 Å². The third-order valence-corrected chi connectivity index (χ3v) is 4.47. The Morgan fingerprint density at radius 2 is 1.77 bits per heavy atom. The van der Waals surface area contributed by atoms with Crippen LogP contribution in [0.15, 0.2) is 60.9 Å². The van der Waals surface area contributed by atoms with E-state index in [-0.39, 0.29) is 0 Å². The van der Waals surface area contributed by atoms with E-state index in [1.165, 1.54) is 11.1 Å². The fourth-order valence-electron chi connectivity index (χ4n) is 3.11. The molecule has 2 aromatic heterocycles. The molecule has 2 aromatic carbocycles. The van der Waals surface area contributed by atoms with Crippen LogP contribution in [-0.2, 0) is 0 Å². The smallest absolute Gasteiger partial charge is 0.235 e. The molecule has 5 nitrogen and oxygen atoms in total. The molecule has 1 N–H and O–H groups in total. The van der Waals surface area contributed by atoms with E-state index >= 15 is 0 Å². The summed E-state index contributed by atoms with van der Waals surface area (Å²) in [6.07, 6.45) is 3.72. The maximum absolute atomic E-state index is 5.38. The fourth-order valence-corrected chi connectivity index (χ4v) is 3.11. The Bertz CT molecular complexity index is 1060. The van der Waals surface area contributed by atoms with E-state index in [0.29, 0.717) is 5.78 Å². The summed E-state index contributed by atoms with van der Waals surface area (Å²) in [5, 5.41) is 3.59. The first-order chi connectivity index (χ1) is 12.7. The number of imidazole rings is 1. The van der Waals surface area contributed by atoms with Crippen LogP contribution >= 0.6 is 0 Å². The molecule has 0 aliphatic heterocycles. The predicted molar refractivity (Wildman–Crippen MR) is 104 cm³/mol. The van der Waals surface area contributed by atoms with Gasteiger partial charge in [0.1, 0.15) is 17.3 Å². The zero-order valence-electron chi connectivity index (χ0n) is 15.0. The van der Waals surface area contributed by atoms with Crippen molar-refractivity contribution in [3.05, 3.63) is 72.1 Å². The summed E-state index contributed by atoms with van der Waals surface area (Å²) < 4.78 is 7.35. The van der Waals surface area contributed by atoms with Crippen molar-refractivity contribution in [2.75, 3.05) is 12.4 Å². The lowest BCUT2D eigenvalue weighted by molar-refractivity contribution is 0.415. The van der Waals surface area contributed by atoms with Crippen LogP contribution in [-0.4, -0.2) is 21.5 Å². The van der Waals surface area contributed by atoms with Gasteiger partial charge in [0.2, 0.25) is 5.78 Å². The number of benzene rings is 2. The van der Waals surface area contributed by atoms with Crippen LogP contribution in [0.4, 0.5) is 11.5 Å². The molecular formula is C21H20N4O. The van der Waals surface area contributed by atoms with E-state index in [1.807, 2.05) is 40.9 Å². The van der Waals surface area contributed by atoms with Crippen LogP contribution in [0.1, 0.15) is 11.1 Å². The highest BCUT2D eigenvalue weighted by atomic mass is 16.5. The van der Waals surface area contributed by atoms with Crippen molar-refractivity contribution in [3.8, 4) is 17.0 Å². The van der Waals surface area contributed by atoms with Crippen molar-refractivity contribution in [1.29, 1.82) is 0 Å². The average molecular weight is 344 g/mol. The molecule has 0 fully saturated rings. The molecule has 0 bridgehead atoms. The first-order valence-corrected chi connectivity index (χ1v) is 8.48. The minimum atomic E-state index is 0.652. The first kappa shape index (κ1) is 16.1. The van der Waals surface area contributed by atoms with Gasteiger partial charge in [-0.25, -0.2) is 9.97 Å². The fraction of sp³-hybridized carbons (Fsp3) is 0.143. The second-order valence-corrected chi connectivity index (χ2v) is 6.22. The van der Waals surface area contributed by atoms with Crippen molar-refractivity contribution in [3.63, 3.8) is 0 Å². The standard InChI is InChI=1S/C21H20N4O/c1-14-7-4-8-15(2)18(14)23-20-19(16-9-5-10-17(13-16)26-3)24-21-22-11-6-12-25(20)21/h4-13,23H,1-3H3.